The van der Waals surface area contributed by atoms with E-state index in [-0.39, 0.29) is 12.0 Å². The number of pyridine rings is 1. The average Bonchev–Trinajstić information content (AvgIpc) is 2.36. The maximum atomic E-state index is 12.2. The Morgan fingerprint density at radius 2 is 2.26 bits per heavy atom. The van der Waals surface area contributed by atoms with E-state index in [2.05, 4.69) is 10.3 Å². The fraction of sp³-hybridized carbons (Fsp3) is 0.571. The van der Waals surface area contributed by atoms with Gasteiger partial charge >= 0.3 is 0 Å². The van der Waals surface area contributed by atoms with Gasteiger partial charge in [0.25, 0.3) is 5.91 Å². The van der Waals surface area contributed by atoms with Crippen LogP contribution in [-0.4, -0.2) is 47.1 Å². The molecule has 0 saturated heterocycles. The summed E-state index contributed by atoms with van der Waals surface area (Å²) in [6.45, 7) is 3.45. The minimum absolute atomic E-state index is 0.0684. The van der Waals surface area contributed by atoms with Crippen molar-refractivity contribution in [3.05, 3.63) is 23.9 Å². The summed E-state index contributed by atoms with van der Waals surface area (Å²) in [5, 5.41) is 12.4. The number of aliphatic hydroxyl groups is 1. The van der Waals surface area contributed by atoms with Gasteiger partial charge in [-0.15, -0.1) is 0 Å². The summed E-state index contributed by atoms with van der Waals surface area (Å²) in [6, 6.07) is 5.41. The SMILES string of the molecule is CCNc1cccc(C(=O)N(C)CC2CC(O)C2)n1. The van der Waals surface area contributed by atoms with Gasteiger partial charge < -0.3 is 15.3 Å². The smallest absolute Gasteiger partial charge is 0.272 e. The second-order valence-electron chi connectivity index (χ2n) is 5.12. The summed E-state index contributed by atoms with van der Waals surface area (Å²) in [5.74, 6) is 1.07. The molecule has 1 saturated carbocycles. The van der Waals surface area contributed by atoms with Crippen LogP contribution in [0.15, 0.2) is 18.2 Å². The fourth-order valence-corrected chi connectivity index (χ4v) is 2.35. The van der Waals surface area contributed by atoms with Crippen molar-refractivity contribution in [3.63, 3.8) is 0 Å². The van der Waals surface area contributed by atoms with Crippen LogP contribution in [0.2, 0.25) is 0 Å². The molecule has 1 aromatic heterocycles. The molecule has 1 heterocycles. The summed E-state index contributed by atoms with van der Waals surface area (Å²) in [4.78, 5) is 18.2. The molecule has 1 amide bonds. The predicted octanol–water partition coefficient (Wildman–Crippen LogP) is 1.36. The molecule has 1 aliphatic rings. The van der Waals surface area contributed by atoms with Gasteiger partial charge in [-0.05, 0) is 37.8 Å². The second kappa shape index (κ2) is 6.02. The molecule has 5 heteroatoms. The van der Waals surface area contributed by atoms with Crippen molar-refractivity contribution in [2.45, 2.75) is 25.9 Å². The van der Waals surface area contributed by atoms with E-state index >= 15 is 0 Å². The molecule has 0 spiro atoms. The van der Waals surface area contributed by atoms with Gasteiger partial charge in [0.2, 0.25) is 0 Å². The van der Waals surface area contributed by atoms with Gasteiger partial charge in [0.15, 0.2) is 0 Å². The van der Waals surface area contributed by atoms with E-state index in [0.717, 1.165) is 25.2 Å². The third kappa shape index (κ3) is 3.44. The maximum absolute atomic E-state index is 12.2. The predicted molar refractivity (Wildman–Crippen MR) is 74.1 cm³/mol. The lowest BCUT2D eigenvalue weighted by Crippen LogP contribution is -2.39. The van der Waals surface area contributed by atoms with E-state index in [0.29, 0.717) is 18.2 Å². The Hall–Kier alpha value is -1.62. The van der Waals surface area contributed by atoms with Crippen molar-refractivity contribution in [1.29, 1.82) is 0 Å². The van der Waals surface area contributed by atoms with E-state index in [1.807, 2.05) is 19.1 Å². The number of amides is 1. The van der Waals surface area contributed by atoms with Gasteiger partial charge in [0.1, 0.15) is 11.5 Å². The molecule has 19 heavy (non-hydrogen) atoms. The van der Waals surface area contributed by atoms with E-state index in [1.54, 1.807) is 18.0 Å². The molecule has 0 aromatic carbocycles. The molecule has 1 aliphatic carbocycles. The number of nitrogens with one attached hydrogen (secondary N) is 1. The molecule has 0 atom stereocenters. The molecular formula is C14H21N3O2. The third-order valence-electron chi connectivity index (χ3n) is 3.42. The Kier molecular flexibility index (Phi) is 4.37. The minimum Gasteiger partial charge on any atom is -0.393 e. The van der Waals surface area contributed by atoms with Gasteiger partial charge in [-0.1, -0.05) is 6.07 Å². The van der Waals surface area contributed by atoms with E-state index in [4.69, 9.17) is 0 Å². The molecule has 1 fully saturated rings. The molecule has 0 bridgehead atoms. The van der Waals surface area contributed by atoms with Gasteiger partial charge in [-0.2, -0.15) is 0 Å². The number of rotatable bonds is 5. The maximum Gasteiger partial charge on any atom is 0.272 e. The molecule has 2 rings (SSSR count). The first kappa shape index (κ1) is 13.8. The third-order valence-corrected chi connectivity index (χ3v) is 3.42. The Balaban J connectivity index is 1.96. The van der Waals surface area contributed by atoms with Crippen molar-refractivity contribution in [2.24, 2.45) is 5.92 Å². The molecule has 104 valence electrons. The van der Waals surface area contributed by atoms with Crippen molar-refractivity contribution >= 4 is 11.7 Å². The number of hydrogen-bond donors (Lipinski definition) is 2. The Bertz CT molecular complexity index is 444. The quantitative estimate of drug-likeness (QED) is 0.841. The molecule has 1 aromatic rings. The van der Waals surface area contributed by atoms with E-state index in [9.17, 15) is 9.90 Å². The Morgan fingerprint density at radius 3 is 2.89 bits per heavy atom. The fourth-order valence-electron chi connectivity index (χ4n) is 2.35. The second-order valence-corrected chi connectivity index (χ2v) is 5.12. The highest BCUT2D eigenvalue weighted by molar-refractivity contribution is 5.92. The van der Waals surface area contributed by atoms with Crippen LogP contribution in [0.4, 0.5) is 5.82 Å². The van der Waals surface area contributed by atoms with Crippen LogP contribution in [0.5, 0.6) is 0 Å². The highest BCUT2D eigenvalue weighted by atomic mass is 16.3. The van der Waals surface area contributed by atoms with Crippen LogP contribution in [0.25, 0.3) is 0 Å². The van der Waals surface area contributed by atoms with Crippen molar-refractivity contribution in [2.75, 3.05) is 25.5 Å². The van der Waals surface area contributed by atoms with Crippen LogP contribution in [0.3, 0.4) is 0 Å². The Morgan fingerprint density at radius 1 is 1.53 bits per heavy atom. The summed E-state index contributed by atoms with van der Waals surface area (Å²) in [6.07, 6.45) is 1.41. The summed E-state index contributed by atoms with van der Waals surface area (Å²) < 4.78 is 0. The van der Waals surface area contributed by atoms with Crippen molar-refractivity contribution < 1.29 is 9.90 Å². The molecular weight excluding hydrogens is 242 g/mol. The largest absolute Gasteiger partial charge is 0.393 e. The van der Waals surface area contributed by atoms with Crippen molar-refractivity contribution in [1.82, 2.24) is 9.88 Å². The highest BCUT2D eigenvalue weighted by Gasteiger charge is 2.29. The van der Waals surface area contributed by atoms with Gasteiger partial charge in [-0.3, -0.25) is 4.79 Å². The summed E-state index contributed by atoms with van der Waals surface area (Å²) in [5.41, 5.74) is 0.459. The van der Waals surface area contributed by atoms with E-state index in [1.165, 1.54) is 0 Å². The molecule has 2 N–H and O–H groups in total. The number of nitrogens with zero attached hydrogens (tertiary/aromatic N) is 2. The number of anilines is 1. The molecule has 0 aliphatic heterocycles. The molecule has 0 radical (unpaired) electrons. The normalized spacial score (nSPS) is 21.6. The zero-order valence-electron chi connectivity index (χ0n) is 11.5. The summed E-state index contributed by atoms with van der Waals surface area (Å²) in [7, 11) is 1.79. The topological polar surface area (TPSA) is 65.5 Å². The van der Waals surface area contributed by atoms with Crippen LogP contribution in [0, 0.1) is 5.92 Å². The van der Waals surface area contributed by atoms with Gasteiger partial charge in [0.05, 0.1) is 6.10 Å². The summed E-state index contributed by atoms with van der Waals surface area (Å²) >= 11 is 0. The minimum atomic E-state index is -0.177. The zero-order chi connectivity index (χ0) is 13.8. The van der Waals surface area contributed by atoms with Crippen LogP contribution in [0.1, 0.15) is 30.3 Å². The number of aliphatic hydroxyl groups excluding tert-OH is 1. The molecule has 5 nitrogen and oxygen atoms in total. The number of carbonyl (C=O) groups excluding carboxylic acids is 1. The lowest BCUT2D eigenvalue weighted by Gasteiger charge is -2.34. The zero-order valence-corrected chi connectivity index (χ0v) is 11.5. The Labute approximate surface area is 113 Å². The standard InChI is InChI=1S/C14H21N3O2/c1-3-15-13-6-4-5-12(16-13)14(19)17(2)9-10-7-11(18)8-10/h4-6,10-11,18H,3,7-9H2,1-2H3,(H,15,16). The lowest BCUT2D eigenvalue weighted by molar-refractivity contribution is 0.0264. The lowest BCUT2D eigenvalue weighted by atomic mass is 9.82. The number of aromatic nitrogens is 1. The van der Waals surface area contributed by atoms with Gasteiger partial charge in [-0.25, -0.2) is 4.98 Å². The van der Waals surface area contributed by atoms with Crippen LogP contribution < -0.4 is 5.32 Å². The average molecular weight is 263 g/mol. The number of hydrogen-bond acceptors (Lipinski definition) is 4. The first-order valence-corrected chi connectivity index (χ1v) is 6.74. The first-order valence-electron chi connectivity index (χ1n) is 6.74. The monoisotopic (exact) mass is 263 g/mol. The van der Waals surface area contributed by atoms with Crippen molar-refractivity contribution in [3.8, 4) is 0 Å². The van der Waals surface area contributed by atoms with Crippen LogP contribution >= 0.6 is 0 Å². The van der Waals surface area contributed by atoms with Crippen LogP contribution in [-0.2, 0) is 0 Å². The highest BCUT2D eigenvalue weighted by Crippen LogP contribution is 2.27. The van der Waals surface area contributed by atoms with E-state index < -0.39 is 0 Å². The number of carbonyl (C=O) groups is 1. The van der Waals surface area contributed by atoms with Gasteiger partial charge in [0, 0.05) is 20.1 Å². The first-order chi connectivity index (χ1) is 9.10. The molecule has 0 unspecified atom stereocenters.